The molecule has 29 heavy (non-hydrogen) atoms. The predicted octanol–water partition coefficient (Wildman–Crippen LogP) is 1.85. The van der Waals surface area contributed by atoms with Crippen molar-refractivity contribution in [3.63, 3.8) is 0 Å². The van der Waals surface area contributed by atoms with E-state index in [1.165, 1.54) is 10.6 Å². The van der Waals surface area contributed by atoms with Gasteiger partial charge in [-0.3, -0.25) is 0 Å². The predicted molar refractivity (Wildman–Crippen MR) is 111 cm³/mol. The number of piperidine rings is 1. The van der Waals surface area contributed by atoms with Gasteiger partial charge in [0.05, 0.1) is 29.5 Å². The van der Waals surface area contributed by atoms with Crippen molar-refractivity contribution in [1.29, 1.82) is 5.26 Å². The van der Waals surface area contributed by atoms with Crippen molar-refractivity contribution in [3.05, 3.63) is 30.4 Å². The Morgan fingerprint density at radius 1 is 1.31 bits per heavy atom. The molecule has 2 N–H and O–H groups in total. The fourth-order valence-electron chi connectivity index (χ4n) is 3.85. The van der Waals surface area contributed by atoms with Gasteiger partial charge in [-0.2, -0.15) is 5.26 Å². The van der Waals surface area contributed by atoms with E-state index in [1.807, 2.05) is 25.4 Å². The van der Waals surface area contributed by atoms with Crippen LogP contribution in [0.3, 0.4) is 0 Å². The number of nitrogens with one attached hydrogen (secondary N) is 2. The summed E-state index contributed by atoms with van der Waals surface area (Å²) in [6.07, 6.45) is 7.00. The largest absolute Gasteiger partial charge is 0.346 e. The fraction of sp³-hybridized carbons (Fsp3) is 0.526. The summed E-state index contributed by atoms with van der Waals surface area (Å²) < 4.78 is 28.0. The Kier molecular flexibility index (Phi) is 6.21. The van der Waals surface area contributed by atoms with Crippen molar-refractivity contribution < 1.29 is 8.42 Å². The van der Waals surface area contributed by atoms with Crippen molar-refractivity contribution in [2.24, 2.45) is 0 Å². The zero-order chi connectivity index (χ0) is 21.1. The number of nitrogens with zero attached hydrogens (tertiary/aromatic N) is 5. The second kappa shape index (κ2) is 8.49. The summed E-state index contributed by atoms with van der Waals surface area (Å²) in [6.45, 7) is 4.46. The Morgan fingerprint density at radius 2 is 2.03 bits per heavy atom. The molecule has 0 unspecified atom stereocenters. The van der Waals surface area contributed by atoms with Crippen LogP contribution in [-0.4, -0.2) is 53.1 Å². The van der Waals surface area contributed by atoms with Crippen LogP contribution in [0.4, 0.5) is 5.82 Å². The minimum atomic E-state index is -3.21. The van der Waals surface area contributed by atoms with Gasteiger partial charge in [-0.05, 0) is 32.8 Å². The highest BCUT2D eigenvalue weighted by Crippen LogP contribution is 2.36. The minimum Gasteiger partial charge on any atom is -0.346 e. The molecule has 0 aliphatic carbocycles. The quantitative estimate of drug-likeness (QED) is 0.661. The number of nitriles is 1. The van der Waals surface area contributed by atoms with E-state index in [4.69, 9.17) is 0 Å². The molecular formula is C19H27N7O2S. The van der Waals surface area contributed by atoms with Crippen LogP contribution in [-0.2, 0) is 15.6 Å². The first-order valence-electron chi connectivity index (χ1n) is 9.65. The zero-order valence-corrected chi connectivity index (χ0v) is 17.8. The molecule has 9 nitrogen and oxygen atoms in total. The van der Waals surface area contributed by atoms with Crippen LogP contribution < -0.4 is 10.9 Å². The van der Waals surface area contributed by atoms with E-state index >= 15 is 0 Å². The maximum atomic E-state index is 12.2. The van der Waals surface area contributed by atoms with Crippen LogP contribution >= 0.6 is 0 Å². The molecular weight excluding hydrogens is 390 g/mol. The van der Waals surface area contributed by atoms with E-state index in [0.29, 0.717) is 38.2 Å². The molecule has 0 radical (unpaired) electrons. The first-order valence-corrected chi connectivity index (χ1v) is 11.3. The van der Waals surface area contributed by atoms with Crippen molar-refractivity contribution in [1.82, 2.24) is 24.3 Å². The van der Waals surface area contributed by atoms with E-state index in [-0.39, 0.29) is 5.75 Å². The third-order valence-electron chi connectivity index (χ3n) is 5.66. The van der Waals surface area contributed by atoms with Crippen molar-refractivity contribution >= 4 is 15.8 Å². The molecule has 1 aliphatic heterocycles. The van der Waals surface area contributed by atoms with Crippen LogP contribution in [0.15, 0.2) is 24.8 Å². The fourth-order valence-corrected chi connectivity index (χ4v) is 4.96. The normalized spacial score (nSPS) is 17.0. The Balaban J connectivity index is 1.90. The van der Waals surface area contributed by atoms with Gasteiger partial charge in [0.25, 0.3) is 0 Å². The summed E-state index contributed by atoms with van der Waals surface area (Å²) in [5, 5.41) is 9.45. The lowest BCUT2D eigenvalue weighted by Crippen LogP contribution is -2.48. The molecule has 1 aliphatic rings. The summed E-state index contributed by atoms with van der Waals surface area (Å²) in [4.78, 5) is 8.67. The maximum absolute atomic E-state index is 12.2. The molecule has 1 fully saturated rings. The lowest BCUT2D eigenvalue weighted by molar-refractivity contribution is 0.163. The van der Waals surface area contributed by atoms with Crippen LogP contribution in [0, 0.1) is 18.3 Å². The third kappa shape index (κ3) is 4.12. The SMILES string of the molecule is CCS(=O)(=O)N1CCC(CC#N)(n2ccc(-c3ncnc(NNC)c3C)c2)CC1. The van der Waals surface area contributed by atoms with E-state index in [9.17, 15) is 13.7 Å². The third-order valence-corrected chi connectivity index (χ3v) is 7.54. The molecule has 3 rings (SSSR count). The van der Waals surface area contributed by atoms with Crippen molar-refractivity contribution in [2.45, 2.75) is 38.6 Å². The van der Waals surface area contributed by atoms with Gasteiger partial charge in [0.15, 0.2) is 0 Å². The average Bonchev–Trinajstić information content (AvgIpc) is 3.21. The molecule has 156 valence electrons. The second-order valence-corrected chi connectivity index (χ2v) is 9.49. The highest BCUT2D eigenvalue weighted by Gasteiger charge is 2.38. The molecule has 0 amide bonds. The molecule has 0 atom stereocenters. The number of hydrazine groups is 1. The van der Waals surface area contributed by atoms with E-state index in [1.54, 1.807) is 14.0 Å². The molecule has 0 aromatic carbocycles. The Bertz CT molecular complexity index is 1000. The van der Waals surface area contributed by atoms with Gasteiger partial charge >= 0.3 is 0 Å². The molecule has 2 aromatic rings. The number of hydrogen-bond donors (Lipinski definition) is 2. The minimum absolute atomic E-state index is 0.0991. The Hall–Kier alpha value is -2.48. The lowest BCUT2D eigenvalue weighted by atomic mass is 9.85. The van der Waals surface area contributed by atoms with Crippen LogP contribution in [0.1, 0.15) is 31.7 Å². The summed E-state index contributed by atoms with van der Waals surface area (Å²) in [5.41, 5.74) is 8.11. The van der Waals surface area contributed by atoms with Gasteiger partial charge in [0, 0.05) is 43.7 Å². The summed E-state index contributed by atoms with van der Waals surface area (Å²) >= 11 is 0. The molecule has 1 saturated heterocycles. The first kappa shape index (κ1) is 21.2. The highest BCUT2D eigenvalue weighted by atomic mass is 32.2. The first-order chi connectivity index (χ1) is 13.9. The number of aromatic nitrogens is 3. The lowest BCUT2D eigenvalue weighted by Gasteiger charge is -2.41. The van der Waals surface area contributed by atoms with E-state index < -0.39 is 15.6 Å². The molecule has 0 spiro atoms. The highest BCUT2D eigenvalue weighted by molar-refractivity contribution is 7.89. The van der Waals surface area contributed by atoms with Gasteiger partial charge in [0.1, 0.15) is 12.1 Å². The Morgan fingerprint density at radius 3 is 2.66 bits per heavy atom. The molecule has 3 heterocycles. The standard InChI is InChI=1S/C19H27N7O2S/c1-4-29(27,28)26-11-7-19(6-9-20,8-12-26)25-10-5-16(13-25)17-15(2)18(24-21-3)23-14-22-17/h5,10,13-14,21H,4,6-8,11-12H2,1-3H3,(H,22,23,24). The van der Waals surface area contributed by atoms with Crippen LogP contribution in [0.5, 0.6) is 0 Å². The monoisotopic (exact) mass is 417 g/mol. The second-order valence-electron chi connectivity index (χ2n) is 7.24. The smallest absolute Gasteiger partial charge is 0.213 e. The van der Waals surface area contributed by atoms with Gasteiger partial charge in [-0.15, -0.1) is 0 Å². The average molecular weight is 418 g/mol. The summed E-state index contributed by atoms with van der Waals surface area (Å²) in [7, 11) is -1.44. The van der Waals surface area contributed by atoms with Gasteiger partial charge in [-0.25, -0.2) is 28.1 Å². The topological polar surface area (TPSA) is 116 Å². The molecule has 0 bridgehead atoms. The molecule has 2 aromatic heterocycles. The number of anilines is 1. The number of hydrogen-bond acceptors (Lipinski definition) is 7. The Labute approximate surface area is 171 Å². The van der Waals surface area contributed by atoms with Gasteiger partial charge < -0.3 is 9.99 Å². The number of rotatable bonds is 7. The zero-order valence-electron chi connectivity index (χ0n) is 17.0. The number of sulfonamides is 1. The van der Waals surface area contributed by atoms with Crippen molar-refractivity contribution in [3.8, 4) is 17.3 Å². The van der Waals surface area contributed by atoms with Crippen LogP contribution in [0.25, 0.3) is 11.3 Å². The van der Waals surface area contributed by atoms with Gasteiger partial charge in [0.2, 0.25) is 10.0 Å². The van der Waals surface area contributed by atoms with E-state index in [0.717, 1.165) is 16.8 Å². The van der Waals surface area contributed by atoms with E-state index in [2.05, 4.69) is 31.5 Å². The maximum Gasteiger partial charge on any atom is 0.213 e. The summed E-state index contributed by atoms with van der Waals surface area (Å²) in [6, 6.07) is 4.28. The van der Waals surface area contributed by atoms with Crippen molar-refractivity contribution in [2.75, 3.05) is 31.3 Å². The van der Waals surface area contributed by atoms with Gasteiger partial charge in [-0.1, -0.05) is 0 Å². The summed E-state index contributed by atoms with van der Waals surface area (Å²) in [5.74, 6) is 0.803. The van der Waals surface area contributed by atoms with Crippen LogP contribution in [0.2, 0.25) is 0 Å². The molecule has 10 heteroatoms. The molecule has 0 saturated carbocycles.